The molecule has 0 fully saturated rings. The molecule has 4 unspecified atom stereocenters. The van der Waals surface area contributed by atoms with Gasteiger partial charge in [0.05, 0.1) is 0 Å². The van der Waals surface area contributed by atoms with Crippen molar-refractivity contribution >= 4 is 23.5 Å². The Labute approximate surface area is 210 Å². The predicted octanol–water partition coefficient (Wildman–Crippen LogP) is 7.75. The molecule has 2 aromatic rings. The summed E-state index contributed by atoms with van der Waals surface area (Å²) in [7, 11) is 0. The minimum absolute atomic E-state index is 0.216. The van der Waals surface area contributed by atoms with Gasteiger partial charge in [-0.05, 0) is 62.5 Å². The number of benzene rings is 2. The third-order valence-electron chi connectivity index (χ3n) is 6.29. The fraction of sp³-hybridized carbons (Fsp3) is 0.517. The zero-order valence-electron chi connectivity index (χ0n) is 21.2. The van der Waals surface area contributed by atoms with Crippen LogP contribution in [0, 0.1) is 0 Å². The Bertz CT molecular complexity index is 897. The molecule has 0 bridgehead atoms. The normalized spacial score (nSPS) is 16.5. The number of esters is 2. The monoisotopic (exact) mass is 486 g/mol. The fourth-order valence-electron chi connectivity index (χ4n) is 4.83. The first-order chi connectivity index (χ1) is 16.0. The number of hydrogen-bond donors (Lipinski definition) is 0. The van der Waals surface area contributed by atoms with Crippen molar-refractivity contribution in [1.29, 1.82) is 0 Å². The van der Waals surface area contributed by atoms with E-state index in [1.165, 1.54) is 25.0 Å². The highest BCUT2D eigenvalue weighted by molar-refractivity contribution is 6.23. The van der Waals surface area contributed by atoms with E-state index in [2.05, 4.69) is 61.5 Å². The zero-order chi connectivity index (χ0) is 25.2. The van der Waals surface area contributed by atoms with E-state index >= 15 is 0 Å². The molecule has 34 heavy (non-hydrogen) atoms. The minimum atomic E-state index is -1.25. The first kappa shape index (κ1) is 27.9. The summed E-state index contributed by atoms with van der Waals surface area (Å²) >= 11 is 6.47. The highest BCUT2D eigenvalue weighted by Gasteiger charge is 2.39. The average molecular weight is 487 g/mol. The third-order valence-corrected chi connectivity index (χ3v) is 6.50. The summed E-state index contributed by atoms with van der Waals surface area (Å²) in [6.45, 7) is 8.51. The molecule has 0 saturated carbocycles. The van der Waals surface area contributed by atoms with Crippen molar-refractivity contribution < 1.29 is 19.1 Å². The fourth-order valence-corrected chi connectivity index (χ4v) is 5.22. The molecule has 4 atom stereocenters. The van der Waals surface area contributed by atoms with Crippen LogP contribution >= 0.6 is 11.6 Å². The van der Waals surface area contributed by atoms with Crippen molar-refractivity contribution in [2.75, 3.05) is 0 Å². The summed E-state index contributed by atoms with van der Waals surface area (Å²) in [5, 5.41) is -1.25. The second-order valence-electron chi connectivity index (χ2n) is 9.80. The molecule has 0 radical (unpaired) electrons. The molecule has 5 heteroatoms. The van der Waals surface area contributed by atoms with E-state index in [1.54, 1.807) is 6.92 Å². The van der Waals surface area contributed by atoms with Gasteiger partial charge in [0, 0.05) is 20.3 Å². The van der Waals surface area contributed by atoms with Crippen LogP contribution in [0.25, 0.3) is 0 Å². The van der Waals surface area contributed by atoms with Crippen molar-refractivity contribution in [3.63, 3.8) is 0 Å². The van der Waals surface area contributed by atoms with Gasteiger partial charge in [-0.1, -0.05) is 85.6 Å². The lowest BCUT2D eigenvalue weighted by Gasteiger charge is -2.36. The Balaban J connectivity index is 2.09. The zero-order valence-corrected chi connectivity index (χ0v) is 21.9. The second-order valence-corrected chi connectivity index (χ2v) is 10.6. The van der Waals surface area contributed by atoms with Gasteiger partial charge in [0.25, 0.3) is 0 Å². The van der Waals surface area contributed by atoms with Crippen LogP contribution < -0.4 is 0 Å². The van der Waals surface area contributed by atoms with Crippen molar-refractivity contribution in [1.82, 2.24) is 0 Å². The average Bonchev–Trinajstić information content (AvgIpc) is 2.75. The number of ether oxygens (including phenoxy) is 2. The van der Waals surface area contributed by atoms with Crippen LogP contribution in [0.1, 0.15) is 96.1 Å². The third kappa shape index (κ3) is 9.89. The van der Waals surface area contributed by atoms with Crippen molar-refractivity contribution in [3.05, 3.63) is 71.8 Å². The Morgan fingerprint density at radius 2 is 1.35 bits per heavy atom. The molecule has 0 aliphatic rings. The summed E-state index contributed by atoms with van der Waals surface area (Å²) in [5.74, 6) is 0.00194. The molecule has 0 amide bonds. The van der Waals surface area contributed by atoms with E-state index < -0.39 is 16.6 Å². The topological polar surface area (TPSA) is 52.6 Å². The minimum Gasteiger partial charge on any atom is -0.459 e. The van der Waals surface area contributed by atoms with Gasteiger partial charge in [-0.2, -0.15) is 0 Å². The molecule has 4 nitrogen and oxygen atoms in total. The lowest BCUT2D eigenvalue weighted by atomic mass is 9.83. The number of alkyl halides is 1. The predicted molar refractivity (Wildman–Crippen MR) is 138 cm³/mol. The van der Waals surface area contributed by atoms with Gasteiger partial charge in [0.15, 0.2) is 5.06 Å². The van der Waals surface area contributed by atoms with Crippen LogP contribution in [0.5, 0.6) is 0 Å². The molecule has 0 spiro atoms. The van der Waals surface area contributed by atoms with Gasteiger partial charge in [-0.3, -0.25) is 9.59 Å². The Morgan fingerprint density at radius 3 is 1.88 bits per heavy atom. The number of carbonyl (C=O) groups is 2. The van der Waals surface area contributed by atoms with Crippen molar-refractivity contribution in [2.24, 2.45) is 0 Å². The maximum absolute atomic E-state index is 11.9. The van der Waals surface area contributed by atoms with E-state index in [9.17, 15) is 9.59 Å². The maximum Gasteiger partial charge on any atom is 0.304 e. The van der Waals surface area contributed by atoms with E-state index in [-0.39, 0.29) is 12.4 Å². The molecule has 0 heterocycles. The quantitative estimate of drug-likeness (QED) is 0.214. The number of halogens is 1. The van der Waals surface area contributed by atoms with Gasteiger partial charge >= 0.3 is 11.9 Å². The van der Waals surface area contributed by atoms with Crippen LogP contribution in [0.4, 0.5) is 0 Å². The van der Waals surface area contributed by atoms with Crippen LogP contribution in [0.15, 0.2) is 60.7 Å². The molecule has 2 aromatic carbocycles. The molecule has 0 N–H and O–H groups in total. The largest absolute Gasteiger partial charge is 0.459 e. The first-order valence-corrected chi connectivity index (χ1v) is 12.6. The van der Waals surface area contributed by atoms with Crippen LogP contribution in [-0.4, -0.2) is 22.6 Å². The number of carbonyl (C=O) groups excluding carboxylic acids is 2. The molecule has 0 aliphatic heterocycles. The summed E-state index contributed by atoms with van der Waals surface area (Å²) in [4.78, 5) is 23.4. The second kappa shape index (κ2) is 12.9. The van der Waals surface area contributed by atoms with Crippen molar-refractivity contribution in [3.8, 4) is 0 Å². The standard InChI is InChI=1S/C29H39ClO4/c1-22(25-14-8-6-9-15-25)13-12-18-27(26-16-10-7-11-17-26)19-20-28(4,33-23(2)31)21-29(5,30)34-24(3)32/h6-11,14-17,22,27H,12-13,18-21H2,1-5H3. The smallest absolute Gasteiger partial charge is 0.304 e. The summed E-state index contributed by atoms with van der Waals surface area (Å²) in [6.07, 6.45) is 4.92. The Kier molecular flexibility index (Phi) is 10.6. The van der Waals surface area contributed by atoms with Crippen LogP contribution in [-0.2, 0) is 19.1 Å². The lowest BCUT2D eigenvalue weighted by Crippen LogP contribution is -2.40. The molecular weight excluding hydrogens is 448 g/mol. The summed E-state index contributed by atoms with van der Waals surface area (Å²) in [5.41, 5.74) is 1.81. The highest BCUT2D eigenvalue weighted by Crippen LogP contribution is 2.38. The van der Waals surface area contributed by atoms with Crippen LogP contribution in [0.2, 0.25) is 0 Å². The molecule has 0 saturated heterocycles. The summed E-state index contributed by atoms with van der Waals surface area (Å²) < 4.78 is 11.0. The van der Waals surface area contributed by atoms with Gasteiger partial charge in [0.2, 0.25) is 0 Å². The van der Waals surface area contributed by atoms with E-state index in [0.29, 0.717) is 18.3 Å². The van der Waals surface area contributed by atoms with Crippen LogP contribution in [0.3, 0.4) is 0 Å². The molecule has 0 aromatic heterocycles. The van der Waals surface area contributed by atoms with Gasteiger partial charge in [-0.15, -0.1) is 0 Å². The molecular formula is C29H39ClO4. The van der Waals surface area contributed by atoms with Gasteiger partial charge in [-0.25, -0.2) is 0 Å². The van der Waals surface area contributed by atoms with E-state index in [4.69, 9.17) is 21.1 Å². The SMILES string of the molecule is CC(=O)OC(C)(Cl)CC(C)(CCC(CCCC(C)c1ccccc1)c1ccccc1)OC(C)=O. The number of rotatable bonds is 13. The molecule has 186 valence electrons. The maximum atomic E-state index is 11.9. The Morgan fingerprint density at radius 1 is 0.824 bits per heavy atom. The lowest BCUT2D eigenvalue weighted by molar-refractivity contribution is -0.164. The first-order valence-electron chi connectivity index (χ1n) is 12.2. The molecule has 0 aliphatic carbocycles. The van der Waals surface area contributed by atoms with E-state index in [0.717, 1.165) is 25.7 Å². The highest BCUT2D eigenvalue weighted by atomic mass is 35.5. The molecule has 2 rings (SSSR count). The Hall–Kier alpha value is -2.33. The van der Waals surface area contributed by atoms with Gasteiger partial charge in [0.1, 0.15) is 5.60 Å². The number of hydrogen-bond acceptors (Lipinski definition) is 4. The van der Waals surface area contributed by atoms with E-state index in [1.807, 2.05) is 13.0 Å². The van der Waals surface area contributed by atoms with Crippen molar-refractivity contribution in [2.45, 2.75) is 95.6 Å². The van der Waals surface area contributed by atoms with Gasteiger partial charge < -0.3 is 9.47 Å². The summed E-state index contributed by atoms with van der Waals surface area (Å²) in [6, 6.07) is 21.1.